The Balaban J connectivity index is 1.30. The van der Waals surface area contributed by atoms with Crippen LogP contribution in [0.2, 0.25) is 0 Å². The Kier molecular flexibility index (Phi) is 7.24. The molecule has 4 atom stereocenters. The molecule has 1 amide bonds. The van der Waals surface area contributed by atoms with Gasteiger partial charge in [0.15, 0.2) is 17.8 Å². The van der Waals surface area contributed by atoms with Gasteiger partial charge in [-0.2, -0.15) is 9.98 Å². The zero-order valence-electron chi connectivity index (χ0n) is 25.6. The van der Waals surface area contributed by atoms with E-state index in [2.05, 4.69) is 20.3 Å². The molecule has 5 N–H and O–H groups in total. The highest BCUT2D eigenvalue weighted by Gasteiger charge is 2.52. The van der Waals surface area contributed by atoms with Crippen LogP contribution in [0.1, 0.15) is 55.7 Å². The summed E-state index contributed by atoms with van der Waals surface area (Å²) >= 11 is 0. The van der Waals surface area contributed by atoms with Crippen molar-refractivity contribution in [2.45, 2.75) is 63.6 Å². The number of hydrogen-bond acceptors (Lipinski definition) is 14. The van der Waals surface area contributed by atoms with Crippen LogP contribution in [0.3, 0.4) is 0 Å². The SMILES string of the molecule is CCOC(=O)C1=C/C(=C\CN2C=CNC2N2CN=C3C(=O)N=C(N)N=C32)c2c(c(CO)c3c(c2OC)[C@H]2CCC[C@@](C)(O)[C@H]2O3)O1. The van der Waals surface area contributed by atoms with Gasteiger partial charge in [-0.15, -0.1) is 0 Å². The fraction of sp³-hybridized carbons (Fsp3) is 0.452. The number of nitrogens with one attached hydrogen (secondary N) is 1. The molecule has 1 saturated carbocycles. The van der Waals surface area contributed by atoms with Gasteiger partial charge in [-0.05, 0) is 44.8 Å². The third-order valence-electron chi connectivity index (χ3n) is 9.06. The molecule has 1 aliphatic carbocycles. The molecule has 5 aliphatic heterocycles. The molecular weight excluding hydrogens is 598 g/mol. The summed E-state index contributed by atoms with van der Waals surface area (Å²) < 4.78 is 23.9. The summed E-state index contributed by atoms with van der Waals surface area (Å²) in [6.07, 6.45) is 8.27. The van der Waals surface area contributed by atoms with E-state index < -0.39 is 36.5 Å². The molecule has 5 heterocycles. The molecule has 7 rings (SSSR count). The molecule has 1 aromatic carbocycles. The van der Waals surface area contributed by atoms with Crippen molar-refractivity contribution >= 4 is 35.0 Å². The topological polar surface area (TPSA) is 193 Å². The molecule has 1 unspecified atom stereocenters. The van der Waals surface area contributed by atoms with Gasteiger partial charge in [-0.1, -0.05) is 6.08 Å². The summed E-state index contributed by atoms with van der Waals surface area (Å²) in [6, 6.07) is 0. The number of esters is 1. The minimum atomic E-state index is -1.08. The number of guanidine groups is 1. The minimum Gasteiger partial charge on any atom is -0.496 e. The van der Waals surface area contributed by atoms with Crippen LogP contribution < -0.4 is 25.3 Å². The smallest absolute Gasteiger partial charge is 0.374 e. The average molecular weight is 634 g/mol. The quantitative estimate of drug-likeness (QED) is 0.310. The van der Waals surface area contributed by atoms with Gasteiger partial charge < -0.3 is 45.1 Å². The molecule has 15 heteroatoms. The van der Waals surface area contributed by atoms with Gasteiger partial charge in [0.25, 0.3) is 0 Å². The number of amides is 1. The fourth-order valence-corrected chi connectivity index (χ4v) is 7.03. The number of methoxy groups -OCH3 is 1. The summed E-state index contributed by atoms with van der Waals surface area (Å²) in [5.74, 6) is -0.113. The van der Waals surface area contributed by atoms with Crippen LogP contribution in [0, 0.1) is 0 Å². The number of allylic oxidation sites excluding steroid dienone is 2. The minimum absolute atomic E-state index is 0.0613. The predicted molar refractivity (Wildman–Crippen MR) is 165 cm³/mol. The number of aliphatic hydroxyl groups is 2. The fourth-order valence-electron chi connectivity index (χ4n) is 7.03. The van der Waals surface area contributed by atoms with Crippen LogP contribution in [0.4, 0.5) is 0 Å². The summed E-state index contributed by atoms with van der Waals surface area (Å²) in [5.41, 5.74) is 7.12. The first-order valence-corrected chi connectivity index (χ1v) is 15.2. The lowest BCUT2D eigenvalue weighted by Gasteiger charge is -2.37. The van der Waals surface area contributed by atoms with E-state index in [0.29, 0.717) is 47.0 Å². The normalized spacial score (nSPS) is 28.2. The van der Waals surface area contributed by atoms with E-state index in [1.807, 2.05) is 17.2 Å². The lowest BCUT2D eigenvalue weighted by molar-refractivity contribution is -0.141. The maximum Gasteiger partial charge on any atom is 0.374 e. The summed E-state index contributed by atoms with van der Waals surface area (Å²) in [7, 11) is 1.56. The number of hydrogen-bond donors (Lipinski definition) is 4. The van der Waals surface area contributed by atoms with Crippen molar-refractivity contribution in [3.8, 4) is 17.2 Å². The highest BCUT2D eigenvalue weighted by molar-refractivity contribution is 6.69. The Labute approximate surface area is 264 Å². The number of benzene rings is 1. The largest absolute Gasteiger partial charge is 0.496 e. The zero-order valence-corrected chi connectivity index (χ0v) is 25.6. The van der Waals surface area contributed by atoms with Crippen molar-refractivity contribution in [1.82, 2.24) is 15.1 Å². The first-order valence-electron chi connectivity index (χ1n) is 15.2. The molecule has 1 fully saturated rings. The first-order chi connectivity index (χ1) is 22.2. The number of rotatable bonds is 7. The van der Waals surface area contributed by atoms with Crippen LogP contribution >= 0.6 is 0 Å². The van der Waals surface area contributed by atoms with Gasteiger partial charge in [0, 0.05) is 30.4 Å². The molecule has 0 saturated heterocycles. The molecule has 0 spiro atoms. The molecule has 6 aliphatic rings. The van der Waals surface area contributed by atoms with E-state index in [1.165, 1.54) is 0 Å². The van der Waals surface area contributed by atoms with Crippen molar-refractivity contribution in [3.05, 3.63) is 47.0 Å². The Morgan fingerprint density at radius 1 is 1.33 bits per heavy atom. The number of carbonyl (C=O) groups is 2. The van der Waals surface area contributed by atoms with Gasteiger partial charge >= 0.3 is 11.9 Å². The number of amidine groups is 1. The van der Waals surface area contributed by atoms with E-state index in [0.717, 1.165) is 18.4 Å². The van der Waals surface area contributed by atoms with Crippen molar-refractivity contribution in [2.75, 3.05) is 26.9 Å². The molecule has 0 bridgehead atoms. The second kappa shape index (κ2) is 11.2. The van der Waals surface area contributed by atoms with Crippen LogP contribution in [0.5, 0.6) is 17.2 Å². The molecule has 0 radical (unpaired) electrons. The number of aliphatic hydroxyl groups excluding tert-OH is 1. The molecule has 242 valence electrons. The lowest BCUT2D eigenvalue weighted by Crippen LogP contribution is -2.53. The Hall–Kier alpha value is -4.89. The monoisotopic (exact) mass is 633 g/mol. The Bertz CT molecular complexity index is 1710. The molecule has 0 aromatic heterocycles. The van der Waals surface area contributed by atoms with Crippen molar-refractivity contribution in [2.24, 2.45) is 20.7 Å². The standard InChI is InChI=1S/C31H35N7O8/c1-4-44-28(41)18-12-15(7-10-37-11-9-33-30(37)38-14-34-21-26(38)35-29(32)36-27(21)40)19-22(45-18)17(13-39)23-20(24(19)43-3)16-6-5-8-31(2,42)25(16)46-23/h7,9,11-12,16,25,30,33,39,42H,4-6,8,10,13-14H2,1-3H3,(H2,32,36,40)/b15-7+/t16-,25+,30?,31-/m1/s1. The summed E-state index contributed by atoms with van der Waals surface area (Å²) in [6.45, 7) is 3.66. The number of fused-ring (bicyclic) bond motifs is 5. The maximum atomic E-state index is 13.0. The maximum absolute atomic E-state index is 13.0. The third-order valence-corrected chi connectivity index (χ3v) is 9.06. The van der Waals surface area contributed by atoms with E-state index in [9.17, 15) is 19.8 Å². The van der Waals surface area contributed by atoms with Crippen LogP contribution in [-0.4, -0.2) is 94.3 Å². The third kappa shape index (κ3) is 4.60. The molecule has 1 aromatic rings. The number of nitrogens with zero attached hydrogens (tertiary/aromatic N) is 5. The zero-order chi connectivity index (χ0) is 32.3. The van der Waals surface area contributed by atoms with Crippen LogP contribution in [0.25, 0.3) is 5.57 Å². The van der Waals surface area contributed by atoms with E-state index in [1.54, 1.807) is 38.1 Å². The number of aliphatic imine (C=N–C) groups is 3. The summed E-state index contributed by atoms with van der Waals surface area (Å²) in [4.78, 5) is 41.4. The van der Waals surface area contributed by atoms with E-state index >= 15 is 0 Å². The van der Waals surface area contributed by atoms with Gasteiger partial charge in [-0.3, -0.25) is 14.7 Å². The van der Waals surface area contributed by atoms with Gasteiger partial charge in [0.2, 0.25) is 11.7 Å². The van der Waals surface area contributed by atoms with Crippen molar-refractivity contribution in [3.63, 3.8) is 0 Å². The van der Waals surface area contributed by atoms with Crippen LogP contribution in [0.15, 0.2) is 45.3 Å². The highest BCUT2D eigenvalue weighted by Crippen LogP contribution is 2.59. The van der Waals surface area contributed by atoms with Gasteiger partial charge in [0.1, 0.15) is 30.0 Å². The predicted octanol–water partition coefficient (Wildman–Crippen LogP) is 0.817. The second-order valence-corrected chi connectivity index (χ2v) is 11.9. The molecule has 46 heavy (non-hydrogen) atoms. The number of carbonyl (C=O) groups excluding carboxylic acids is 2. The molecule has 15 nitrogen and oxygen atoms in total. The van der Waals surface area contributed by atoms with Gasteiger partial charge in [0.05, 0.1) is 37.1 Å². The highest BCUT2D eigenvalue weighted by atomic mass is 16.6. The number of nitrogens with two attached hydrogens (primary N) is 1. The van der Waals surface area contributed by atoms with E-state index in [-0.39, 0.29) is 42.4 Å². The Morgan fingerprint density at radius 2 is 2.15 bits per heavy atom. The summed E-state index contributed by atoms with van der Waals surface area (Å²) in [5, 5.41) is 25.2. The second-order valence-electron chi connectivity index (χ2n) is 11.9. The lowest BCUT2D eigenvalue weighted by atomic mass is 9.74. The average Bonchev–Trinajstić information content (AvgIpc) is 3.76. The number of ether oxygens (including phenoxy) is 4. The van der Waals surface area contributed by atoms with E-state index in [4.69, 9.17) is 24.7 Å². The Morgan fingerprint density at radius 3 is 2.91 bits per heavy atom. The van der Waals surface area contributed by atoms with Crippen molar-refractivity contribution in [1.29, 1.82) is 0 Å². The van der Waals surface area contributed by atoms with Crippen LogP contribution in [-0.2, 0) is 20.9 Å². The van der Waals surface area contributed by atoms with Gasteiger partial charge in [-0.25, -0.2) is 4.79 Å². The van der Waals surface area contributed by atoms with Crippen molar-refractivity contribution < 1.29 is 38.7 Å². The molecular formula is C31H35N7O8. The first kappa shape index (κ1) is 29.8.